The predicted octanol–water partition coefficient (Wildman–Crippen LogP) is 0.740. The number of hydrogen-bond acceptors (Lipinski definition) is 2. The van der Waals surface area contributed by atoms with E-state index in [4.69, 9.17) is 9.84 Å². The average Bonchev–Trinajstić information content (AvgIpc) is 2.27. The quantitative estimate of drug-likeness (QED) is 0.568. The highest BCUT2D eigenvalue weighted by Crippen LogP contribution is 2.26. The molecule has 0 saturated heterocycles. The Morgan fingerprint density at radius 3 is 3.40 bits per heavy atom. The molecule has 1 heterocycles. The van der Waals surface area contributed by atoms with E-state index in [1.807, 2.05) is 12.1 Å². The third-order valence-electron chi connectivity index (χ3n) is 1.56. The van der Waals surface area contributed by atoms with Crippen LogP contribution in [0, 0.1) is 6.07 Å². The molecule has 1 N–H and O–H groups in total. The molecule has 1 aliphatic rings. The lowest BCUT2D eigenvalue weighted by Gasteiger charge is -1.99. The zero-order valence-electron chi connectivity index (χ0n) is 5.37. The Labute approximate surface area is 59.1 Å². The molecular weight excluding hydrogens is 128 g/mol. The third-order valence-corrected chi connectivity index (χ3v) is 1.56. The normalized spacial score (nSPS) is 21.9. The topological polar surface area (TPSA) is 29.5 Å². The summed E-state index contributed by atoms with van der Waals surface area (Å²) in [5, 5.41) is 9.01. The fourth-order valence-electron chi connectivity index (χ4n) is 1.10. The molecule has 1 atom stereocenters. The number of aliphatic hydroxyl groups is 1. The summed E-state index contributed by atoms with van der Waals surface area (Å²) in [4.78, 5) is 0. The number of benzene rings is 1. The van der Waals surface area contributed by atoms with Crippen LogP contribution in [-0.2, 0) is 6.42 Å². The van der Waals surface area contributed by atoms with Crippen molar-refractivity contribution >= 4 is 0 Å². The van der Waals surface area contributed by atoms with Crippen molar-refractivity contribution in [1.29, 1.82) is 0 Å². The van der Waals surface area contributed by atoms with Crippen LogP contribution < -0.4 is 4.74 Å². The summed E-state index contributed by atoms with van der Waals surface area (Å²) in [7, 11) is 0. The molecule has 1 unspecified atom stereocenters. The van der Waals surface area contributed by atoms with E-state index >= 15 is 0 Å². The molecular formula is C8H7O2. The molecule has 0 aliphatic carbocycles. The van der Waals surface area contributed by atoms with Crippen LogP contribution in [-0.4, -0.2) is 11.4 Å². The zero-order valence-corrected chi connectivity index (χ0v) is 5.37. The van der Waals surface area contributed by atoms with E-state index in [9.17, 15) is 0 Å². The third kappa shape index (κ3) is 0.772. The second kappa shape index (κ2) is 1.99. The highest BCUT2D eigenvalue weighted by molar-refractivity contribution is 5.35. The van der Waals surface area contributed by atoms with Gasteiger partial charge in [-0.1, -0.05) is 6.07 Å². The van der Waals surface area contributed by atoms with Crippen molar-refractivity contribution in [1.82, 2.24) is 0 Å². The van der Waals surface area contributed by atoms with Gasteiger partial charge in [0.2, 0.25) is 6.29 Å². The average molecular weight is 135 g/mol. The van der Waals surface area contributed by atoms with Crippen LogP contribution in [0.3, 0.4) is 0 Å². The first kappa shape index (κ1) is 5.74. The Balaban J connectivity index is 2.42. The first-order valence-corrected chi connectivity index (χ1v) is 3.20. The van der Waals surface area contributed by atoms with Crippen LogP contribution in [0.5, 0.6) is 5.75 Å². The molecule has 2 rings (SSSR count). The number of aliphatic hydroxyl groups excluding tert-OH is 1. The first-order chi connectivity index (χ1) is 4.86. The maximum absolute atomic E-state index is 9.01. The molecule has 1 aliphatic heterocycles. The molecule has 0 bridgehead atoms. The Morgan fingerprint density at radius 2 is 2.60 bits per heavy atom. The molecule has 51 valence electrons. The van der Waals surface area contributed by atoms with Gasteiger partial charge in [-0.15, -0.1) is 0 Å². The lowest BCUT2D eigenvalue weighted by atomic mass is 10.2. The summed E-state index contributed by atoms with van der Waals surface area (Å²) in [5.74, 6) is 0.784. The minimum atomic E-state index is -0.647. The fraction of sp³-hybridized carbons (Fsp3) is 0.250. The first-order valence-electron chi connectivity index (χ1n) is 3.20. The van der Waals surface area contributed by atoms with Gasteiger partial charge in [-0.3, -0.25) is 0 Å². The minimum Gasteiger partial charge on any atom is -0.465 e. The summed E-state index contributed by atoms with van der Waals surface area (Å²) in [6.45, 7) is 0. The minimum absolute atomic E-state index is 0.590. The molecule has 2 nitrogen and oxygen atoms in total. The molecule has 1 aromatic rings. The highest BCUT2D eigenvalue weighted by Gasteiger charge is 2.18. The van der Waals surface area contributed by atoms with Gasteiger partial charge in [0.15, 0.2) is 0 Å². The largest absolute Gasteiger partial charge is 0.465 e. The van der Waals surface area contributed by atoms with Crippen molar-refractivity contribution in [2.75, 3.05) is 0 Å². The van der Waals surface area contributed by atoms with Gasteiger partial charge in [0.25, 0.3) is 0 Å². The Kier molecular flexibility index (Phi) is 1.14. The van der Waals surface area contributed by atoms with Crippen molar-refractivity contribution in [3.05, 3.63) is 29.8 Å². The highest BCUT2D eigenvalue weighted by atomic mass is 16.6. The predicted molar refractivity (Wildman–Crippen MR) is 35.6 cm³/mol. The van der Waals surface area contributed by atoms with Crippen molar-refractivity contribution < 1.29 is 9.84 Å². The monoisotopic (exact) mass is 135 g/mol. The lowest BCUT2D eigenvalue weighted by Crippen LogP contribution is -2.09. The van der Waals surface area contributed by atoms with Gasteiger partial charge < -0.3 is 9.84 Å². The van der Waals surface area contributed by atoms with Crippen LogP contribution in [0.4, 0.5) is 0 Å². The molecule has 0 fully saturated rings. The molecule has 0 saturated carbocycles. The van der Waals surface area contributed by atoms with Crippen molar-refractivity contribution in [3.63, 3.8) is 0 Å². The van der Waals surface area contributed by atoms with Crippen LogP contribution in [0.1, 0.15) is 5.56 Å². The van der Waals surface area contributed by atoms with E-state index in [1.54, 1.807) is 6.07 Å². The lowest BCUT2D eigenvalue weighted by molar-refractivity contribution is 0.00215. The van der Waals surface area contributed by atoms with E-state index in [-0.39, 0.29) is 0 Å². The molecule has 1 radical (unpaired) electrons. The SMILES string of the molecule is OC1Cc2c[c]ccc2O1. The molecule has 0 spiro atoms. The van der Waals surface area contributed by atoms with Crippen LogP contribution in [0.2, 0.25) is 0 Å². The van der Waals surface area contributed by atoms with E-state index in [1.165, 1.54) is 0 Å². The van der Waals surface area contributed by atoms with Crippen LogP contribution in [0.25, 0.3) is 0 Å². The summed E-state index contributed by atoms with van der Waals surface area (Å²) < 4.78 is 5.04. The zero-order chi connectivity index (χ0) is 6.97. The van der Waals surface area contributed by atoms with Crippen molar-refractivity contribution in [2.24, 2.45) is 0 Å². The molecule has 0 aromatic heterocycles. The molecule has 1 aromatic carbocycles. The van der Waals surface area contributed by atoms with E-state index < -0.39 is 6.29 Å². The standard InChI is InChI=1S/C8H7O2/c9-8-5-6-3-1-2-4-7(6)10-8/h2-4,8-9H,5H2. The van der Waals surface area contributed by atoms with Gasteiger partial charge in [-0.2, -0.15) is 0 Å². The van der Waals surface area contributed by atoms with E-state index in [0.717, 1.165) is 11.3 Å². The Morgan fingerprint density at radius 1 is 1.70 bits per heavy atom. The van der Waals surface area contributed by atoms with Gasteiger partial charge in [-0.25, -0.2) is 0 Å². The van der Waals surface area contributed by atoms with E-state index in [0.29, 0.717) is 6.42 Å². The summed E-state index contributed by atoms with van der Waals surface area (Å²) in [5.41, 5.74) is 1.04. The maximum Gasteiger partial charge on any atom is 0.201 e. The number of fused-ring (bicyclic) bond motifs is 1. The van der Waals surface area contributed by atoms with Crippen LogP contribution >= 0.6 is 0 Å². The van der Waals surface area contributed by atoms with E-state index in [2.05, 4.69) is 6.07 Å². The molecule has 0 amide bonds. The number of hydrogen-bond donors (Lipinski definition) is 1. The molecule has 2 heteroatoms. The Hall–Kier alpha value is -1.02. The summed E-state index contributed by atoms with van der Waals surface area (Å²) >= 11 is 0. The summed E-state index contributed by atoms with van der Waals surface area (Å²) in [6.07, 6.45) is -0.0575. The van der Waals surface area contributed by atoms with Gasteiger partial charge in [0, 0.05) is 12.0 Å². The number of ether oxygens (including phenoxy) is 1. The van der Waals surface area contributed by atoms with Gasteiger partial charge in [0.05, 0.1) is 0 Å². The smallest absolute Gasteiger partial charge is 0.201 e. The van der Waals surface area contributed by atoms with Gasteiger partial charge in [-0.05, 0) is 18.2 Å². The van der Waals surface area contributed by atoms with Crippen molar-refractivity contribution in [2.45, 2.75) is 12.7 Å². The summed E-state index contributed by atoms with van der Waals surface area (Å²) in [6, 6.07) is 8.35. The number of rotatable bonds is 0. The second-order valence-electron chi connectivity index (χ2n) is 2.31. The Bertz CT molecular complexity index is 220. The molecule has 10 heavy (non-hydrogen) atoms. The van der Waals surface area contributed by atoms with Gasteiger partial charge in [0.1, 0.15) is 5.75 Å². The fourth-order valence-corrected chi connectivity index (χ4v) is 1.10. The van der Waals surface area contributed by atoms with Crippen molar-refractivity contribution in [3.8, 4) is 5.75 Å². The van der Waals surface area contributed by atoms with Gasteiger partial charge >= 0.3 is 0 Å². The maximum atomic E-state index is 9.01. The second-order valence-corrected chi connectivity index (χ2v) is 2.31. The van der Waals surface area contributed by atoms with Crippen LogP contribution in [0.15, 0.2) is 18.2 Å².